The number of ketones is 1. The molecule has 1 heterocycles. The average molecular weight is 394 g/mol. The molecule has 11 heteroatoms. The Kier molecular flexibility index (Phi) is 5.39. The Bertz CT molecular complexity index is 1100. The summed E-state index contributed by atoms with van der Waals surface area (Å²) in [6.07, 6.45) is 1.12. The molecule has 0 saturated carbocycles. The maximum atomic E-state index is 11.6. The number of rotatable bonds is 7. The van der Waals surface area contributed by atoms with Crippen molar-refractivity contribution in [1.82, 2.24) is 9.97 Å². The van der Waals surface area contributed by atoms with Crippen LogP contribution in [0.25, 0.3) is 0 Å². The highest BCUT2D eigenvalue weighted by molar-refractivity contribution is 5.94. The van der Waals surface area contributed by atoms with Crippen molar-refractivity contribution in [3.8, 4) is 0 Å². The molecule has 3 aromatic rings. The third kappa shape index (κ3) is 4.47. The van der Waals surface area contributed by atoms with Crippen molar-refractivity contribution < 1.29 is 14.6 Å². The first-order valence-corrected chi connectivity index (χ1v) is 8.24. The van der Waals surface area contributed by atoms with Crippen LogP contribution in [0.1, 0.15) is 17.3 Å². The van der Waals surface area contributed by atoms with Crippen molar-refractivity contribution in [2.75, 3.05) is 10.6 Å². The lowest BCUT2D eigenvalue weighted by Gasteiger charge is -2.10. The Labute approximate surface area is 163 Å². The zero-order valence-electron chi connectivity index (χ0n) is 15.0. The van der Waals surface area contributed by atoms with Gasteiger partial charge in [-0.05, 0) is 37.3 Å². The highest BCUT2D eigenvalue weighted by atomic mass is 16.6. The van der Waals surface area contributed by atoms with Crippen LogP contribution in [0.15, 0.2) is 54.9 Å². The maximum Gasteiger partial charge on any atom is 0.353 e. The van der Waals surface area contributed by atoms with Gasteiger partial charge in [0.05, 0.1) is 9.85 Å². The lowest BCUT2D eigenvalue weighted by Crippen LogP contribution is -2.05. The fourth-order valence-electron chi connectivity index (χ4n) is 2.49. The van der Waals surface area contributed by atoms with Crippen LogP contribution in [-0.2, 0) is 0 Å². The molecule has 0 aliphatic carbocycles. The second-order valence-electron chi connectivity index (χ2n) is 5.87. The molecule has 0 unspecified atom stereocenters. The monoisotopic (exact) mass is 394 g/mol. The predicted octanol–water partition coefficient (Wildman–Crippen LogP) is 3.98. The normalized spacial score (nSPS) is 10.2. The first kappa shape index (κ1) is 19.4. The summed E-state index contributed by atoms with van der Waals surface area (Å²) in [4.78, 5) is 40.5. The minimum absolute atomic E-state index is 0.0755. The Morgan fingerprint density at radius 2 is 1.52 bits per heavy atom. The lowest BCUT2D eigenvalue weighted by atomic mass is 10.1. The molecule has 0 amide bonds. The first-order valence-electron chi connectivity index (χ1n) is 8.24. The fraction of sp³-hybridized carbons (Fsp3) is 0.0556. The molecule has 3 rings (SSSR count). The Morgan fingerprint density at radius 3 is 2.07 bits per heavy atom. The third-order valence-corrected chi connectivity index (χ3v) is 3.88. The second kappa shape index (κ2) is 8.08. The van der Waals surface area contributed by atoms with Crippen LogP contribution in [0.5, 0.6) is 0 Å². The summed E-state index contributed by atoms with van der Waals surface area (Å²) in [5.74, 6) is -0.310. The molecule has 0 bridgehead atoms. The SMILES string of the molecule is CC(=O)c1ccc(Nc2ncnc(Nc3cccc([N+](=O)[O-])c3)c2[N+](=O)[O-])cc1. The number of non-ortho nitro benzene ring substituents is 1. The zero-order chi connectivity index (χ0) is 21.0. The molecule has 0 aliphatic heterocycles. The second-order valence-corrected chi connectivity index (χ2v) is 5.87. The summed E-state index contributed by atoms with van der Waals surface area (Å²) < 4.78 is 0. The molecule has 2 aromatic carbocycles. The van der Waals surface area contributed by atoms with Gasteiger partial charge in [-0.15, -0.1) is 0 Å². The fourth-order valence-corrected chi connectivity index (χ4v) is 2.49. The van der Waals surface area contributed by atoms with Gasteiger partial charge in [-0.2, -0.15) is 0 Å². The highest BCUT2D eigenvalue weighted by Crippen LogP contribution is 2.33. The number of aromatic nitrogens is 2. The van der Waals surface area contributed by atoms with Crippen molar-refractivity contribution in [3.63, 3.8) is 0 Å². The Balaban J connectivity index is 1.93. The van der Waals surface area contributed by atoms with Crippen molar-refractivity contribution in [1.29, 1.82) is 0 Å². The number of carbonyl (C=O) groups excluding carboxylic acids is 1. The number of hydrogen-bond donors (Lipinski definition) is 2. The molecule has 0 atom stereocenters. The summed E-state index contributed by atoms with van der Waals surface area (Å²) in [5.41, 5.74) is 0.641. The van der Waals surface area contributed by atoms with Crippen LogP contribution >= 0.6 is 0 Å². The summed E-state index contributed by atoms with van der Waals surface area (Å²) in [7, 11) is 0. The van der Waals surface area contributed by atoms with Gasteiger partial charge in [-0.1, -0.05) is 6.07 Å². The topological polar surface area (TPSA) is 153 Å². The molecule has 2 N–H and O–H groups in total. The van der Waals surface area contributed by atoms with Crippen molar-refractivity contribution >= 4 is 40.2 Å². The standard InChI is InChI=1S/C18H14N6O5/c1-11(25)12-5-7-13(8-6-12)21-17-16(24(28)29)18(20-10-19-17)22-14-3-2-4-15(9-14)23(26)27/h2-10H,1H3,(H2,19,20,21,22). The van der Waals surface area contributed by atoms with Gasteiger partial charge < -0.3 is 10.6 Å². The summed E-state index contributed by atoms with van der Waals surface area (Å²) in [6, 6.07) is 11.9. The molecule has 0 radical (unpaired) electrons. The Hall–Kier alpha value is -4.41. The van der Waals surface area contributed by atoms with Gasteiger partial charge in [0.15, 0.2) is 5.78 Å². The number of nitrogens with one attached hydrogen (secondary N) is 2. The van der Waals surface area contributed by atoms with Crippen molar-refractivity contribution in [2.24, 2.45) is 0 Å². The van der Waals surface area contributed by atoms with E-state index in [4.69, 9.17) is 0 Å². The van der Waals surface area contributed by atoms with E-state index in [9.17, 15) is 25.0 Å². The molecule has 11 nitrogen and oxygen atoms in total. The number of nitrogens with zero attached hydrogens (tertiary/aromatic N) is 4. The predicted molar refractivity (Wildman–Crippen MR) is 105 cm³/mol. The molecule has 0 fully saturated rings. The van der Waals surface area contributed by atoms with Gasteiger partial charge in [0, 0.05) is 29.1 Å². The molecule has 0 aliphatic rings. The van der Waals surface area contributed by atoms with Crippen LogP contribution in [-0.4, -0.2) is 25.6 Å². The number of anilines is 4. The van der Waals surface area contributed by atoms with E-state index < -0.39 is 15.5 Å². The van der Waals surface area contributed by atoms with Crippen LogP contribution in [0.4, 0.5) is 34.4 Å². The van der Waals surface area contributed by atoms with Gasteiger partial charge >= 0.3 is 5.69 Å². The van der Waals surface area contributed by atoms with E-state index in [0.29, 0.717) is 11.3 Å². The van der Waals surface area contributed by atoms with E-state index in [2.05, 4.69) is 20.6 Å². The summed E-state index contributed by atoms with van der Waals surface area (Å²) in [6.45, 7) is 1.43. The van der Waals surface area contributed by atoms with Gasteiger partial charge in [-0.25, -0.2) is 9.97 Å². The number of nitro benzene ring substituents is 1. The number of benzene rings is 2. The molecular weight excluding hydrogens is 380 g/mol. The molecule has 0 saturated heterocycles. The molecule has 146 valence electrons. The van der Waals surface area contributed by atoms with Gasteiger partial charge in [0.2, 0.25) is 11.6 Å². The smallest absolute Gasteiger partial charge is 0.334 e. The lowest BCUT2D eigenvalue weighted by molar-refractivity contribution is -0.384. The van der Waals surface area contributed by atoms with Crippen LogP contribution in [0.3, 0.4) is 0 Å². The quantitative estimate of drug-likeness (QED) is 0.344. The van der Waals surface area contributed by atoms with E-state index in [1.807, 2.05) is 0 Å². The van der Waals surface area contributed by atoms with E-state index in [-0.39, 0.29) is 28.8 Å². The Morgan fingerprint density at radius 1 is 0.897 bits per heavy atom. The van der Waals surface area contributed by atoms with Crippen LogP contribution in [0, 0.1) is 20.2 Å². The average Bonchev–Trinajstić information content (AvgIpc) is 2.68. The number of hydrogen-bond acceptors (Lipinski definition) is 9. The van der Waals surface area contributed by atoms with Crippen LogP contribution < -0.4 is 10.6 Å². The van der Waals surface area contributed by atoms with E-state index in [0.717, 1.165) is 6.33 Å². The van der Waals surface area contributed by atoms with E-state index >= 15 is 0 Å². The molecule has 0 spiro atoms. The highest BCUT2D eigenvalue weighted by Gasteiger charge is 2.23. The van der Waals surface area contributed by atoms with Gasteiger partial charge in [-0.3, -0.25) is 25.0 Å². The third-order valence-electron chi connectivity index (χ3n) is 3.88. The molecule has 29 heavy (non-hydrogen) atoms. The van der Waals surface area contributed by atoms with Crippen LogP contribution in [0.2, 0.25) is 0 Å². The minimum Gasteiger partial charge on any atom is -0.334 e. The first-order chi connectivity index (χ1) is 13.8. The molecular formula is C18H14N6O5. The summed E-state index contributed by atoms with van der Waals surface area (Å²) >= 11 is 0. The molecule has 1 aromatic heterocycles. The van der Waals surface area contributed by atoms with E-state index in [1.165, 1.54) is 31.2 Å². The number of carbonyl (C=O) groups is 1. The number of Topliss-reactive ketones (excluding diaryl/α,β-unsaturated/α-hetero) is 1. The maximum absolute atomic E-state index is 11.6. The van der Waals surface area contributed by atoms with Crippen molar-refractivity contribution in [3.05, 3.63) is 80.7 Å². The zero-order valence-corrected chi connectivity index (χ0v) is 15.0. The minimum atomic E-state index is -0.661. The van der Waals surface area contributed by atoms with E-state index in [1.54, 1.807) is 24.3 Å². The largest absolute Gasteiger partial charge is 0.353 e. The van der Waals surface area contributed by atoms with Crippen molar-refractivity contribution in [2.45, 2.75) is 6.92 Å². The number of nitro groups is 2. The van der Waals surface area contributed by atoms with Gasteiger partial charge in [0.1, 0.15) is 6.33 Å². The van der Waals surface area contributed by atoms with Gasteiger partial charge in [0.25, 0.3) is 5.69 Å². The summed E-state index contributed by atoms with van der Waals surface area (Å²) in [5, 5.41) is 28.1.